The van der Waals surface area contributed by atoms with Crippen molar-refractivity contribution in [3.8, 4) is 0 Å². The van der Waals surface area contributed by atoms with Gasteiger partial charge in [-0.25, -0.2) is 9.78 Å². The molecule has 2 heterocycles. The van der Waals surface area contributed by atoms with Gasteiger partial charge in [0.25, 0.3) is 0 Å². The first-order valence-electron chi connectivity index (χ1n) is 4.88. The van der Waals surface area contributed by atoms with Gasteiger partial charge in [0.2, 0.25) is 0 Å². The van der Waals surface area contributed by atoms with Crippen molar-refractivity contribution in [1.29, 1.82) is 0 Å². The fraction of sp³-hybridized carbons (Fsp3) is 0.273. The molecule has 0 atom stereocenters. The van der Waals surface area contributed by atoms with E-state index in [1.165, 1.54) is 0 Å². The summed E-state index contributed by atoms with van der Waals surface area (Å²) in [7, 11) is 0. The fourth-order valence-corrected chi connectivity index (χ4v) is 2.40. The largest absolute Gasteiger partial charge is 0.477 e. The molecule has 0 fully saturated rings. The van der Waals surface area contributed by atoms with Crippen LogP contribution in [0.25, 0.3) is 0 Å². The zero-order valence-electron chi connectivity index (χ0n) is 9.10. The highest BCUT2D eigenvalue weighted by Crippen LogP contribution is 2.15. The third-order valence-electron chi connectivity index (χ3n) is 2.34. The van der Waals surface area contributed by atoms with Crippen LogP contribution in [0, 0.1) is 13.8 Å². The molecule has 0 spiro atoms. The Labute approximate surface area is 97.2 Å². The summed E-state index contributed by atoms with van der Waals surface area (Å²) in [6, 6.07) is 1.81. The number of aromatic carboxylic acids is 1. The van der Waals surface area contributed by atoms with E-state index in [9.17, 15) is 4.79 Å². The fourth-order valence-electron chi connectivity index (χ4n) is 1.63. The van der Waals surface area contributed by atoms with Gasteiger partial charge in [0, 0.05) is 17.3 Å². The van der Waals surface area contributed by atoms with Gasteiger partial charge in [0.1, 0.15) is 10.7 Å². The monoisotopic (exact) mass is 236 g/mol. The molecule has 0 aromatic carbocycles. The second kappa shape index (κ2) is 4.09. The lowest BCUT2D eigenvalue weighted by Crippen LogP contribution is -2.09. The summed E-state index contributed by atoms with van der Waals surface area (Å²) in [5.74, 6) is -0.893. The minimum absolute atomic E-state index is 0.341. The first-order chi connectivity index (χ1) is 7.58. The van der Waals surface area contributed by atoms with Crippen LogP contribution in [0.2, 0.25) is 0 Å². The van der Waals surface area contributed by atoms with Gasteiger partial charge >= 0.3 is 5.97 Å². The Bertz CT molecular complexity index is 528. The number of nitrogens with zero attached hydrogens (tertiary/aromatic N) is 2. The molecule has 0 bridgehead atoms. The summed E-state index contributed by atoms with van der Waals surface area (Å²) in [6.45, 7) is 4.25. The van der Waals surface area contributed by atoms with E-state index in [1.54, 1.807) is 29.0 Å². The first kappa shape index (κ1) is 10.9. The Morgan fingerprint density at radius 3 is 2.88 bits per heavy atom. The average molecular weight is 236 g/mol. The highest BCUT2D eigenvalue weighted by atomic mass is 32.1. The van der Waals surface area contributed by atoms with E-state index in [1.807, 2.05) is 18.4 Å². The van der Waals surface area contributed by atoms with Gasteiger partial charge in [-0.15, -0.1) is 11.3 Å². The number of carboxylic acid groups (broad SMARTS) is 1. The maximum absolute atomic E-state index is 11.1. The van der Waals surface area contributed by atoms with Crippen LogP contribution >= 0.6 is 11.3 Å². The molecule has 5 heteroatoms. The molecule has 2 rings (SSSR count). The average Bonchev–Trinajstić information content (AvgIpc) is 2.74. The van der Waals surface area contributed by atoms with Crippen LogP contribution in [0.4, 0.5) is 0 Å². The molecule has 2 aromatic heterocycles. The number of aryl methyl sites for hydroxylation is 2. The second-order valence-corrected chi connectivity index (χ2v) is 4.61. The van der Waals surface area contributed by atoms with Crippen molar-refractivity contribution in [3.05, 3.63) is 39.6 Å². The van der Waals surface area contributed by atoms with Crippen molar-refractivity contribution in [1.82, 2.24) is 9.55 Å². The third-order valence-corrected chi connectivity index (χ3v) is 3.29. The van der Waals surface area contributed by atoms with Gasteiger partial charge in [0.05, 0.1) is 6.54 Å². The summed E-state index contributed by atoms with van der Waals surface area (Å²) < 4.78 is 1.72. The third kappa shape index (κ3) is 1.99. The van der Waals surface area contributed by atoms with E-state index in [0.29, 0.717) is 12.2 Å². The van der Waals surface area contributed by atoms with Gasteiger partial charge in [-0.3, -0.25) is 0 Å². The van der Waals surface area contributed by atoms with E-state index >= 15 is 0 Å². The number of hydrogen-bond acceptors (Lipinski definition) is 3. The molecule has 1 N–H and O–H groups in total. The molecule has 16 heavy (non-hydrogen) atoms. The molecule has 4 nitrogen and oxygen atoms in total. The van der Waals surface area contributed by atoms with Crippen LogP contribution in [0.5, 0.6) is 0 Å². The molecule has 2 aromatic rings. The predicted octanol–water partition coefficient (Wildman–Crippen LogP) is 2.31. The number of hydrogen-bond donors (Lipinski definition) is 1. The predicted molar refractivity (Wildman–Crippen MR) is 62.1 cm³/mol. The number of rotatable bonds is 3. The van der Waals surface area contributed by atoms with Crippen LogP contribution in [0.3, 0.4) is 0 Å². The van der Waals surface area contributed by atoms with E-state index in [0.717, 1.165) is 16.3 Å². The van der Waals surface area contributed by atoms with E-state index in [2.05, 4.69) is 4.98 Å². The van der Waals surface area contributed by atoms with Crippen molar-refractivity contribution in [2.24, 2.45) is 0 Å². The molecule has 84 valence electrons. The topological polar surface area (TPSA) is 55.1 Å². The highest BCUT2D eigenvalue weighted by Gasteiger charge is 2.14. The molecular formula is C11H12N2O2S. The molecule has 0 amide bonds. The lowest BCUT2D eigenvalue weighted by Gasteiger charge is -2.04. The lowest BCUT2D eigenvalue weighted by molar-refractivity contribution is 0.0685. The Morgan fingerprint density at radius 2 is 2.31 bits per heavy atom. The van der Waals surface area contributed by atoms with Crippen LogP contribution in [-0.4, -0.2) is 20.6 Å². The molecule has 0 aliphatic carbocycles. The zero-order valence-corrected chi connectivity index (χ0v) is 9.91. The van der Waals surface area contributed by atoms with Crippen molar-refractivity contribution >= 4 is 17.3 Å². The van der Waals surface area contributed by atoms with Gasteiger partial charge < -0.3 is 9.67 Å². The Kier molecular flexibility index (Phi) is 2.78. The molecular weight excluding hydrogens is 224 g/mol. The minimum Gasteiger partial charge on any atom is -0.477 e. The Morgan fingerprint density at radius 1 is 1.56 bits per heavy atom. The number of carbonyl (C=O) groups is 1. The quantitative estimate of drug-likeness (QED) is 0.889. The van der Waals surface area contributed by atoms with Gasteiger partial charge in [-0.1, -0.05) is 0 Å². The maximum Gasteiger partial charge on any atom is 0.352 e. The Hall–Kier alpha value is -1.62. The van der Waals surface area contributed by atoms with Crippen molar-refractivity contribution in [3.63, 3.8) is 0 Å². The number of aromatic nitrogens is 2. The summed E-state index contributed by atoms with van der Waals surface area (Å²) in [5, 5.41) is 12.0. The van der Waals surface area contributed by atoms with Gasteiger partial charge in [-0.2, -0.15) is 0 Å². The van der Waals surface area contributed by atoms with Gasteiger partial charge in [0.15, 0.2) is 0 Å². The molecule has 0 unspecified atom stereocenters. The molecule has 0 aliphatic rings. The van der Waals surface area contributed by atoms with E-state index in [-0.39, 0.29) is 0 Å². The summed E-state index contributed by atoms with van der Waals surface area (Å²) in [4.78, 5) is 15.4. The molecule has 0 aliphatic heterocycles. The Balaban J connectivity index is 2.31. The van der Waals surface area contributed by atoms with E-state index in [4.69, 9.17) is 5.11 Å². The number of carboxylic acids is 1. The highest BCUT2D eigenvalue weighted by molar-refractivity contribution is 7.09. The normalized spacial score (nSPS) is 10.6. The second-order valence-electron chi connectivity index (χ2n) is 3.66. The summed E-state index contributed by atoms with van der Waals surface area (Å²) in [6.07, 6.45) is 1.79. The molecule has 0 radical (unpaired) electrons. The smallest absolute Gasteiger partial charge is 0.352 e. The van der Waals surface area contributed by atoms with Crippen molar-refractivity contribution in [2.75, 3.05) is 0 Å². The zero-order chi connectivity index (χ0) is 11.7. The van der Waals surface area contributed by atoms with Gasteiger partial charge in [-0.05, 0) is 25.5 Å². The summed E-state index contributed by atoms with van der Waals surface area (Å²) >= 11 is 1.55. The molecule has 0 saturated carbocycles. The van der Waals surface area contributed by atoms with Crippen LogP contribution < -0.4 is 0 Å². The lowest BCUT2D eigenvalue weighted by atomic mass is 10.3. The number of thiazole rings is 1. The van der Waals surface area contributed by atoms with E-state index < -0.39 is 5.97 Å². The standard InChI is InChI=1S/C11H12N2O2S/c1-7-3-4-13(10(7)11(14)15)5-9-12-8(2)6-16-9/h3-4,6H,5H2,1-2H3,(H,14,15). The minimum atomic E-state index is -0.893. The van der Waals surface area contributed by atoms with Crippen molar-refractivity contribution in [2.45, 2.75) is 20.4 Å². The first-order valence-corrected chi connectivity index (χ1v) is 5.76. The molecule has 0 saturated heterocycles. The summed E-state index contributed by atoms with van der Waals surface area (Å²) in [5.41, 5.74) is 2.09. The van der Waals surface area contributed by atoms with Crippen molar-refractivity contribution < 1.29 is 9.90 Å². The maximum atomic E-state index is 11.1. The van der Waals surface area contributed by atoms with Crippen LogP contribution in [0.1, 0.15) is 26.8 Å². The van der Waals surface area contributed by atoms with Crippen LogP contribution in [-0.2, 0) is 6.54 Å². The SMILES string of the molecule is Cc1csc(Cn2ccc(C)c2C(=O)O)n1. The van der Waals surface area contributed by atoms with Crippen LogP contribution in [0.15, 0.2) is 17.6 Å².